The van der Waals surface area contributed by atoms with E-state index in [1.165, 1.54) is 0 Å². The summed E-state index contributed by atoms with van der Waals surface area (Å²) in [6, 6.07) is 1.91. The Labute approximate surface area is 60.0 Å². The van der Waals surface area contributed by atoms with Crippen LogP contribution in [0.1, 0.15) is 6.42 Å². The third-order valence-electron chi connectivity index (χ3n) is 1.15. The summed E-state index contributed by atoms with van der Waals surface area (Å²) in [5.41, 5.74) is 5.30. The van der Waals surface area contributed by atoms with Crippen molar-refractivity contribution in [3.8, 4) is 0 Å². The Hall–Kier alpha value is -0.870. The van der Waals surface area contributed by atoms with Gasteiger partial charge in [0.2, 0.25) is 0 Å². The van der Waals surface area contributed by atoms with Crippen molar-refractivity contribution in [3.63, 3.8) is 0 Å². The van der Waals surface area contributed by atoms with Crippen LogP contribution < -0.4 is 5.73 Å². The molecular weight excluding hydrogens is 130 g/mol. The molecule has 4 nitrogen and oxygen atoms in total. The van der Waals surface area contributed by atoms with E-state index in [1.54, 1.807) is 6.20 Å². The highest BCUT2D eigenvalue weighted by Gasteiger charge is 1.85. The van der Waals surface area contributed by atoms with Gasteiger partial charge in [-0.25, -0.2) is 0 Å². The van der Waals surface area contributed by atoms with Crippen LogP contribution in [0.3, 0.4) is 0 Å². The molecule has 0 atom stereocenters. The van der Waals surface area contributed by atoms with E-state index in [2.05, 4.69) is 5.10 Å². The fourth-order valence-corrected chi connectivity index (χ4v) is 0.686. The van der Waals surface area contributed by atoms with Gasteiger partial charge in [0.25, 0.3) is 0 Å². The molecule has 4 N–H and O–H groups in total. The molecule has 4 heteroatoms. The highest BCUT2D eigenvalue weighted by atomic mass is 16.0. The maximum Gasteiger partial charge on any atom is 0.0489 e. The SMILES string of the molecule is NCCCn1cccn1.O. The fraction of sp³-hybridized carbons (Fsp3) is 0.500. The second-order valence-electron chi connectivity index (χ2n) is 1.91. The van der Waals surface area contributed by atoms with Crippen molar-refractivity contribution in [2.24, 2.45) is 5.73 Å². The molecular formula is C6H13N3O. The molecule has 58 valence electrons. The summed E-state index contributed by atoms with van der Waals surface area (Å²) in [5.74, 6) is 0. The smallest absolute Gasteiger partial charge is 0.0489 e. The lowest BCUT2D eigenvalue weighted by Gasteiger charge is -1.96. The summed E-state index contributed by atoms with van der Waals surface area (Å²) in [4.78, 5) is 0. The van der Waals surface area contributed by atoms with Crippen molar-refractivity contribution in [2.45, 2.75) is 13.0 Å². The minimum absolute atomic E-state index is 0. The molecule has 0 saturated heterocycles. The summed E-state index contributed by atoms with van der Waals surface area (Å²) < 4.78 is 1.88. The first-order valence-corrected chi connectivity index (χ1v) is 3.11. The van der Waals surface area contributed by atoms with Crippen LogP contribution in [0.25, 0.3) is 0 Å². The number of nitrogens with zero attached hydrogens (tertiary/aromatic N) is 2. The molecule has 0 amide bonds. The number of rotatable bonds is 3. The monoisotopic (exact) mass is 143 g/mol. The van der Waals surface area contributed by atoms with Crippen LogP contribution in [0.15, 0.2) is 18.5 Å². The standard InChI is InChI=1S/C6H11N3.H2O/c7-3-1-5-9-6-2-4-8-9;/h2,4,6H,1,3,5,7H2;1H2. The maximum atomic E-state index is 5.30. The van der Waals surface area contributed by atoms with Gasteiger partial charge in [-0.05, 0) is 19.0 Å². The van der Waals surface area contributed by atoms with Crippen molar-refractivity contribution in [3.05, 3.63) is 18.5 Å². The highest BCUT2D eigenvalue weighted by molar-refractivity contribution is 4.77. The van der Waals surface area contributed by atoms with Crippen molar-refractivity contribution in [1.29, 1.82) is 0 Å². The lowest BCUT2D eigenvalue weighted by atomic mass is 10.4. The van der Waals surface area contributed by atoms with E-state index in [4.69, 9.17) is 5.73 Å². The summed E-state index contributed by atoms with van der Waals surface area (Å²) in [6.45, 7) is 1.67. The summed E-state index contributed by atoms with van der Waals surface area (Å²) in [7, 11) is 0. The van der Waals surface area contributed by atoms with Gasteiger partial charge in [0.05, 0.1) is 0 Å². The molecule has 0 radical (unpaired) electrons. The second kappa shape index (κ2) is 4.96. The molecule has 0 unspecified atom stereocenters. The van der Waals surface area contributed by atoms with Gasteiger partial charge in [0, 0.05) is 18.9 Å². The Balaban J connectivity index is 0.000000810. The highest BCUT2D eigenvalue weighted by Crippen LogP contribution is 1.85. The average Bonchev–Trinajstić information content (AvgIpc) is 2.34. The molecule has 0 saturated carbocycles. The molecule has 0 aromatic carbocycles. The predicted octanol–water partition coefficient (Wildman–Crippen LogP) is -0.593. The van der Waals surface area contributed by atoms with Gasteiger partial charge >= 0.3 is 0 Å². The Morgan fingerprint density at radius 3 is 2.80 bits per heavy atom. The lowest BCUT2D eigenvalue weighted by Crippen LogP contribution is -2.05. The van der Waals surface area contributed by atoms with Crippen molar-refractivity contribution >= 4 is 0 Å². The topological polar surface area (TPSA) is 75.3 Å². The minimum atomic E-state index is 0. The molecule has 0 aliphatic carbocycles. The third-order valence-corrected chi connectivity index (χ3v) is 1.15. The maximum absolute atomic E-state index is 5.30. The van der Waals surface area contributed by atoms with Crippen LogP contribution in [0.5, 0.6) is 0 Å². The van der Waals surface area contributed by atoms with E-state index in [-0.39, 0.29) is 5.48 Å². The van der Waals surface area contributed by atoms with E-state index in [0.29, 0.717) is 0 Å². The third kappa shape index (κ3) is 2.61. The van der Waals surface area contributed by atoms with Gasteiger partial charge in [0.15, 0.2) is 0 Å². The molecule has 0 aliphatic rings. The van der Waals surface area contributed by atoms with Gasteiger partial charge < -0.3 is 11.2 Å². The minimum Gasteiger partial charge on any atom is -0.412 e. The van der Waals surface area contributed by atoms with Crippen molar-refractivity contribution in [1.82, 2.24) is 9.78 Å². The first-order chi connectivity index (χ1) is 4.43. The van der Waals surface area contributed by atoms with Crippen LogP contribution in [-0.4, -0.2) is 21.8 Å². The number of hydrogen-bond donors (Lipinski definition) is 1. The first kappa shape index (κ1) is 9.13. The summed E-state index contributed by atoms with van der Waals surface area (Å²) in [5, 5.41) is 4.01. The van der Waals surface area contributed by atoms with Gasteiger partial charge in [-0.15, -0.1) is 0 Å². The number of nitrogens with two attached hydrogens (primary N) is 1. The Kier molecular flexibility index (Phi) is 4.53. The second-order valence-corrected chi connectivity index (χ2v) is 1.91. The molecule has 1 rings (SSSR count). The fourth-order valence-electron chi connectivity index (χ4n) is 0.686. The predicted molar refractivity (Wildman–Crippen MR) is 39.5 cm³/mol. The first-order valence-electron chi connectivity index (χ1n) is 3.11. The van der Waals surface area contributed by atoms with Crippen LogP contribution >= 0.6 is 0 Å². The van der Waals surface area contributed by atoms with E-state index < -0.39 is 0 Å². The summed E-state index contributed by atoms with van der Waals surface area (Å²) in [6.07, 6.45) is 4.72. The average molecular weight is 143 g/mol. The zero-order valence-electron chi connectivity index (χ0n) is 5.83. The van der Waals surface area contributed by atoms with Gasteiger partial charge in [-0.2, -0.15) is 5.10 Å². The molecule has 10 heavy (non-hydrogen) atoms. The number of hydrogen-bond acceptors (Lipinski definition) is 2. The zero-order chi connectivity index (χ0) is 6.53. The molecule has 0 fully saturated rings. The number of aryl methyl sites for hydroxylation is 1. The molecule has 0 spiro atoms. The quantitative estimate of drug-likeness (QED) is 0.613. The largest absolute Gasteiger partial charge is 0.412 e. The van der Waals surface area contributed by atoms with Crippen LogP contribution in [0.4, 0.5) is 0 Å². The summed E-state index contributed by atoms with van der Waals surface area (Å²) >= 11 is 0. The zero-order valence-corrected chi connectivity index (χ0v) is 5.83. The molecule has 0 bridgehead atoms. The molecule has 0 aliphatic heterocycles. The van der Waals surface area contributed by atoms with Gasteiger partial charge in [0.1, 0.15) is 0 Å². The van der Waals surface area contributed by atoms with E-state index in [0.717, 1.165) is 19.5 Å². The Morgan fingerprint density at radius 1 is 1.50 bits per heavy atom. The van der Waals surface area contributed by atoms with Crippen molar-refractivity contribution in [2.75, 3.05) is 6.54 Å². The van der Waals surface area contributed by atoms with Crippen LogP contribution in [0.2, 0.25) is 0 Å². The van der Waals surface area contributed by atoms with Crippen LogP contribution in [-0.2, 0) is 6.54 Å². The van der Waals surface area contributed by atoms with E-state index in [1.807, 2.05) is 16.9 Å². The van der Waals surface area contributed by atoms with Gasteiger partial charge in [-0.1, -0.05) is 0 Å². The van der Waals surface area contributed by atoms with Crippen molar-refractivity contribution < 1.29 is 5.48 Å². The van der Waals surface area contributed by atoms with E-state index in [9.17, 15) is 0 Å². The molecule has 1 heterocycles. The molecule has 1 aromatic heterocycles. The normalized spacial score (nSPS) is 8.90. The number of aromatic nitrogens is 2. The van der Waals surface area contributed by atoms with E-state index >= 15 is 0 Å². The Bertz CT molecular complexity index is 150. The van der Waals surface area contributed by atoms with Gasteiger partial charge in [-0.3, -0.25) is 4.68 Å². The van der Waals surface area contributed by atoms with Crippen LogP contribution in [0, 0.1) is 0 Å². The Morgan fingerprint density at radius 2 is 2.30 bits per heavy atom. The lowest BCUT2D eigenvalue weighted by molar-refractivity contribution is 0.585. The molecule has 1 aromatic rings.